The molecule has 0 saturated heterocycles. The van der Waals surface area contributed by atoms with Gasteiger partial charge in [0.25, 0.3) is 0 Å². The van der Waals surface area contributed by atoms with E-state index in [2.05, 4.69) is 0 Å². The molecule has 2 rings (SSSR count). The standard InChI is InChI=1S/C15H13FO3/c1-9-3-4-10(8-14(9)16)11-5-12(15(17)18)7-13(6-11)19-2/h3-8H,1-2H3,(H,17,18). The molecule has 0 bridgehead atoms. The van der Waals surface area contributed by atoms with Crippen molar-refractivity contribution >= 4 is 5.97 Å². The van der Waals surface area contributed by atoms with Crippen LogP contribution in [0.25, 0.3) is 11.1 Å². The summed E-state index contributed by atoms with van der Waals surface area (Å²) in [4.78, 5) is 11.0. The Morgan fingerprint density at radius 1 is 1.16 bits per heavy atom. The van der Waals surface area contributed by atoms with Crippen LogP contribution in [0.1, 0.15) is 15.9 Å². The summed E-state index contributed by atoms with van der Waals surface area (Å²) >= 11 is 0. The molecule has 0 atom stereocenters. The van der Waals surface area contributed by atoms with Crippen molar-refractivity contribution < 1.29 is 19.0 Å². The maximum absolute atomic E-state index is 13.6. The summed E-state index contributed by atoms with van der Waals surface area (Å²) < 4.78 is 18.6. The molecule has 0 fully saturated rings. The molecule has 0 spiro atoms. The third kappa shape index (κ3) is 2.73. The SMILES string of the molecule is COc1cc(C(=O)O)cc(-c2ccc(C)c(F)c2)c1. The topological polar surface area (TPSA) is 46.5 Å². The van der Waals surface area contributed by atoms with Crippen LogP contribution in [-0.4, -0.2) is 18.2 Å². The van der Waals surface area contributed by atoms with Gasteiger partial charge in [0.2, 0.25) is 0 Å². The molecule has 1 N–H and O–H groups in total. The van der Waals surface area contributed by atoms with Crippen LogP contribution in [0, 0.1) is 12.7 Å². The Labute approximate surface area is 110 Å². The first-order valence-corrected chi connectivity index (χ1v) is 5.70. The lowest BCUT2D eigenvalue weighted by molar-refractivity contribution is 0.0696. The Morgan fingerprint density at radius 2 is 1.89 bits per heavy atom. The van der Waals surface area contributed by atoms with Crippen LogP contribution in [0.5, 0.6) is 5.75 Å². The maximum Gasteiger partial charge on any atom is 0.335 e. The first-order chi connectivity index (χ1) is 9.01. The zero-order valence-electron chi connectivity index (χ0n) is 10.6. The maximum atomic E-state index is 13.6. The highest BCUT2D eigenvalue weighted by molar-refractivity contribution is 5.90. The summed E-state index contributed by atoms with van der Waals surface area (Å²) in [6, 6.07) is 9.39. The zero-order chi connectivity index (χ0) is 14.0. The second kappa shape index (κ2) is 5.10. The van der Waals surface area contributed by atoms with E-state index >= 15 is 0 Å². The van der Waals surface area contributed by atoms with Crippen LogP contribution in [0.2, 0.25) is 0 Å². The monoisotopic (exact) mass is 260 g/mol. The lowest BCUT2D eigenvalue weighted by atomic mass is 10.0. The quantitative estimate of drug-likeness (QED) is 0.918. The van der Waals surface area contributed by atoms with E-state index in [9.17, 15) is 9.18 Å². The van der Waals surface area contributed by atoms with Crippen LogP contribution in [-0.2, 0) is 0 Å². The summed E-state index contributed by atoms with van der Waals surface area (Å²) in [6.07, 6.45) is 0. The summed E-state index contributed by atoms with van der Waals surface area (Å²) in [7, 11) is 1.46. The van der Waals surface area contributed by atoms with Crippen LogP contribution in [0.4, 0.5) is 4.39 Å². The van der Waals surface area contributed by atoms with E-state index in [0.29, 0.717) is 22.4 Å². The number of methoxy groups -OCH3 is 1. The second-order valence-electron chi connectivity index (χ2n) is 4.22. The minimum absolute atomic E-state index is 0.107. The normalized spacial score (nSPS) is 10.3. The van der Waals surface area contributed by atoms with Crippen molar-refractivity contribution in [2.75, 3.05) is 7.11 Å². The summed E-state index contributed by atoms with van der Waals surface area (Å²) in [5, 5.41) is 9.05. The number of carboxylic acids is 1. The molecule has 98 valence electrons. The van der Waals surface area contributed by atoms with Crippen LogP contribution in [0.3, 0.4) is 0 Å². The smallest absolute Gasteiger partial charge is 0.335 e. The molecule has 2 aromatic carbocycles. The number of ether oxygens (including phenoxy) is 1. The highest BCUT2D eigenvalue weighted by Crippen LogP contribution is 2.27. The molecule has 0 aromatic heterocycles. The predicted octanol–water partition coefficient (Wildman–Crippen LogP) is 3.51. The number of hydrogen-bond acceptors (Lipinski definition) is 2. The number of halogens is 1. The molecular formula is C15H13FO3. The minimum Gasteiger partial charge on any atom is -0.497 e. The van der Waals surface area contributed by atoms with Crippen LogP contribution in [0.15, 0.2) is 36.4 Å². The van der Waals surface area contributed by atoms with Crippen molar-refractivity contribution in [3.05, 3.63) is 53.3 Å². The molecule has 0 radical (unpaired) electrons. The molecule has 0 saturated carbocycles. The molecular weight excluding hydrogens is 247 g/mol. The minimum atomic E-state index is -1.05. The van der Waals surface area contributed by atoms with Gasteiger partial charge in [-0.1, -0.05) is 12.1 Å². The van der Waals surface area contributed by atoms with E-state index in [1.54, 1.807) is 25.1 Å². The Bertz CT molecular complexity index is 635. The van der Waals surface area contributed by atoms with E-state index in [-0.39, 0.29) is 11.4 Å². The molecule has 0 aliphatic rings. The predicted molar refractivity (Wildman–Crippen MR) is 70.1 cm³/mol. The van der Waals surface area contributed by atoms with Gasteiger partial charge in [-0.2, -0.15) is 0 Å². The van der Waals surface area contributed by atoms with E-state index < -0.39 is 5.97 Å². The molecule has 0 heterocycles. The van der Waals surface area contributed by atoms with Gasteiger partial charge in [-0.15, -0.1) is 0 Å². The number of hydrogen-bond donors (Lipinski definition) is 1. The van der Waals surface area contributed by atoms with Crippen LogP contribution >= 0.6 is 0 Å². The highest BCUT2D eigenvalue weighted by atomic mass is 19.1. The van der Waals surface area contributed by atoms with E-state index in [1.807, 2.05) is 0 Å². The molecule has 2 aromatic rings. The molecule has 0 unspecified atom stereocenters. The highest BCUT2D eigenvalue weighted by Gasteiger charge is 2.10. The van der Waals surface area contributed by atoms with Crippen molar-refractivity contribution in [2.24, 2.45) is 0 Å². The Kier molecular flexibility index (Phi) is 3.51. The largest absolute Gasteiger partial charge is 0.497 e. The summed E-state index contributed by atoms with van der Waals surface area (Å²) in [5.74, 6) is -0.944. The molecule has 0 aliphatic carbocycles. The lowest BCUT2D eigenvalue weighted by Crippen LogP contribution is -1.98. The number of carbonyl (C=O) groups is 1. The Balaban J connectivity index is 2.57. The van der Waals surface area contributed by atoms with Crippen molar-refractivity contribution in [3.8, 4) is 16.9 Å². The first-order valence-electron chi connectivity index (χ1n) is 5.70. The summed E-state index contributed by atoms with van der Waals surface area (Å²) in [5.41, 5.74) is 1.88. The third-order valence-electron chi connectivity index (χ3n) is 2.89. The fraction of sp³-hybridized carbons (Fsp3) is 0.133. The lowest BCUT2D eigenvalue weighted by Gasteiger charge is -2.08. The number of rotatable bonds is 3. The van der Waals surface area contributed by atoms with Gasteiger partial charge in [0.1, 0.15) is 11.6 Å². The number of benzene rings is 2. The fourth-order valence-corrected chi connectivity index (χ4v) is 1.78. The molecule has 4 heteroatoms. The van der Waals surface area contributed by atoms with E-state index in [0.717, 1.165) is 0 Å². The van der Waals surface area contributed by atoms with Crippen molar-refractivity contribution in [1.82, 2.24) is 0 Å². The third-order valence-corrected chi connectivity index (χ3v) is 2.89. The molecule has 3 nitrogen and oxygen atoms in total. The average Bonchev–Trinajstić information content (AvgIpc) is 2.41. The zero-order valence-corrected chi connectivity index (χ0v) is 10.6. The van der Waals surface area contributed by atoms with Crippen LogP contribution < -0.4 is 4.74 Å². The van der Waals surface area contributed by atoms with Gasteiger partial charge in [-0.25, -0.2) is 9.18 Å². The van der Waals surface area contributed by atoms with Gasteiger partial charge in [0.15, 0.2) is 0 Å². The van der Waals surface area contributed by atoms with E-state index in [4.69, 9.17) is 9.84 Å². The number of aromatic carboxylic acids is 1. The Hall–Kier alpha value is -2.36. The van der Waals surface area contributed by atoms with Gasteiger partial charge in [0.05, 0.1) is 12.7 Å². The number of carboxylic acid groups (broad SMARTS) is 1. The van der Waals surface area contributed by atoms with Crippen molar-refractivity contribution in [1.29, 1.82) is 0 Å². The number of aryl methyl sites for hydroxylation is 1. The Morgan fingerprint density at radius 3 is 2.47 bits per heavy atom. The van der Waals surface area contributed by atoms with Gasteiger partial charge < -0.3 is 9.84 Å². The second-order valence-corrected chi connectivity index (χ2v) is 4.22. The van der Waals surface area contributed by atoms with Crippen molar-refractivity contribution in [3.63, 3.8) is 0 Å². The molecule has 0 amide bonds. The van der Waals surface area contributed by atoms with E-state index in [1.165, 1.54) is 25.3 Å². The average molecular weight is 260 g/mol. The molecule has 0 aliphatic heterocycles. The summed E-state index contributed by atoms with van der Waals surface area (Å²) in [6.45, 7) is 1.67. The van der Waals surface area contributed by atoms with Gasteiger partial charge in [0, 0.05) is 0 Å². The fourth-order valence-electron chi connectivity index (χ4n) is 1.78. The van der Waals surface area contributed by atoms with Gasteiger partial charge in [-0.05, 0) is 47.9 Å². The van der Waals surface area contributed by atoms with Gasteiger partial charge >= 0.3 is 5.97 Å². The van der Waals surface area contributed by atoms with Gasteiger partial charge in [-0.3, -0.25) is 0 Å². The molecule has 19 heavy (non-hydrogen) atoms. The van der Waals surface area contributed by atoms with Crippen molar-refractivity contribution in [2.45, 2.75) is 6.92 Å². The first kappa shape index (κ1) is 13.1.